The molecule has 0 saturated carbocycles. The maximum atomic E-state index is 7.08. The topological polar surface area (TPSA) is 77.3 Å². The molecule has 0 bridgehead atoms. The van der Waals surface area contributed by atoms with Crippen molar-refractivity contribution in [2.24, 2.45) is 0 Å². The average molecular weight is 651 g/mol. The van der Waals surface area contributed by atoms with Gasteiger partial charge in [0, 0.05) is 33.4 Å². The van der Waals surface area contributed by atoms with Crippen molar-refractivity contribution in [3.05, 3.63) is 169 Å². The van der Waals surface area contributed by atoms with E-state index in [1.165, 1.54) is 0 Å². The fraction of sp³-hybridized carbons (Fsp3) is 0. The zero-order chi connectivity index (χ0) is 33.0. The summed E-state index contributed by atoms with van der Waals surface area (Å²) in [6.45, 7) is 0. The van der Waals surface area contributed by atoms with Crippen LogP contribution in [0, 0.1) is 0 Å². The smallest absolute Gasteiger partial charge is 0.165 e. The molecule has 0 N–H and O–H groups in total. The third-order valence-electron chi connectivity index (χ3n) is 8.09. The summed E-state index contributed by atoms with van der Waals surface area (Å²) in [5, 5.41) is 0.516. The van der Waals surface area contributed by atoms with E-state index >= 15 is 0 Å². The van der Waals surface area contributed by atoms with Gasteiger partial charge in [-0.15, -0.1) is 0 Å². The summed E-state index contributed by atoms with van der Waals surface area (Å²) in [6.07, 6.45) is 0. The molecule has 232 valence electrons. The van der Waals surface area contributed by atoms with Gasteiger partial charge >= 0.3 is 0 Å². The minimum atomic E-state index is 0.495. The third kappa shape index (κ3) is 6.33. The molecule has 0 amide bonds. The van der Waals surface area contributed by atoms with E-state index in [2.05, 4.69) is 6.07 Å². The van der Waals surface area contributed by atoms with Gasteiger partial charge in [-0.05, 0) is 23.3 Å². The lowest BCUT2D eigenvalue weighted by molar-refractivity contribution is 1.07. The van der Waals surface area contributed by atoms with Crippen LogP contribution in [0.5, 0.6) is 0 Å². The molecule has 8 rings (SSSR count). The quantitative estimate of drug-likeness (QED) is 0.171. The SMILES string of the molecule is Clc1cc(-c2ccccc2-c2nc(-c3ccccc3)nc(-c3ccccc3)n2)ccc1-c1nc(-c2ccccc2)nc(-c2ccccc2)n1. The zero-order valence-corrected chi connectivity index (χ0v) is 26.9. The Balaban J connectivity index is 1.23. The summed E-state index contributed by atoms with van der Waals surface area (Å²) >= 11 is 7.08. The largest absolute Gasteiger partial charge is 0.208 e. The standard InChI is InChI=1S/C42H27ClN6/c43-36-27-32(25-26-35(36)42-48-39(30-19-9-3-10-20-30)45-40(49-42)31-21-11-4-12-22-31)33-23-13-14-24-34(33)41-46-37(28-15-5-1-6-16-28)44-38(47-41)29-17-7-2-8-18-29/h1-27H. The van der Waals surface area contributed by atoms with Crippen LogP contribution < -0.4 is 0 Å². The van der Waals surface area contributed by atoms with Gasteiger partial charge in [0.15, 0.2) is 34.9 Å². The monoisotopic (exact) mass is 650 g/mol. The van der Waals surface area contributed by atoms with E-state index in [1.807, 2.05) is 158 Å². The van der Waals surface area contributed by atoms with Crippen LogP contribution in [-0.4, -0.2) is 29.9 Å². The van der Waals surface area contributed by atoms with E-state index in [0.29, 0.717) is 45.5 Å². The summed E-state index contributed by atoms with van der Waals surface area (Å²) in [4.78, 5) is 29.3. The first-order valence-corrected chi connectivity index (χ1v) is 16.2. The Morgan fingerprint density at radius 2 is 0.592 bits per heavy atom. The third-order valence-corrected chi connectivity index (χ3v) is 8.40. The lowest BCUT2D eigenvalue weighted by Gasteiger charge is -2.13. The minimum Gasteiger partial charge on any atom is -0.208 e. The van der Waals surface area contributed by atoms with Gasteiger partial charge in [-0.25, -0.2) is 29.9 Å². The summed E-state index contributed by atoms with van der Waals surface area (Å²) < 4.78 is 0. The number of nitrogens with zero attached hydrogens (tertiary/aromatic N) is 6. The predicted molar refractivity (Wildman–Crippen MR) is 196 cm³/mol. The van der Waals surface area contributed by atoms with Crippen molar-refractivity contribution in [1.82, 2.24) is 29.9 Å². The van der Waals surface area contributed by atoms with Crippen molar-refractivity contribution in [2.75, 3.05) is 0 Å². The van der Waals surface area contributed by atoms with E-state index in [0.717, 1.165) is 38.9 Å². The van der Waals surface area contributed by atoms with Crippen molar-refractivity contribution in [3.8, 4) is 79.5 Å². The second kappa shape index (κ2) is 13.4. The van der Waals surface area contributed by atoms with E-state index in [1.54, 1.807) is 0 Å². The van der Waals surface area contributed by atoms with E-state index in [9.17, 15) is 0 Å². The Labute approximate surface area is 288 Å². The lowest BCUT2D eigenvalue weighted by atomic mass is 9.97. The highest BCUT2D eigenvalue weighted by atomic mass is 35.5. The van der Waals surface area contributed by atoms with Crippen molar-refractivity contribution in [1.29, 1.82) is 0 Å². The number of halogens is 1. The molecular formula is C42H27ClN6. The first-order chi connectivity index (χ1) is 24.2. The van der Waals surface area contributed by atoms with Gasteiger partial charge in [0.2, 0.25) is 0 Å². The number of hydrogen-bond acceptors (Lipinski definition) is 6. The Hall–Kier alpha value is -6.37. The molecule has 6 aromatic carbocycles. The Morgan fingerprint density at radius 3 is 0.980 bits per heavy atom. The highest BCUT2D eigenvalue weighted by Gasteiger charge is 2.18. The normalized spacial score (nSPS) is 11.0. The van der Waals surface area contributed by atoms with Crippen LogP contribution in [0.1, 0.15) is 0 Å². The van der Waals surface area contributed by atoms with E-state index in [4.69, 9.17) is 41.5 Å². The van der Waals surface area contributed by atoms with Crippen LogP contribution in [0.3, 0.4) is 0 Å². The van der Waals surface area contributed by atoms with Crippen LogP contribution >= 0.6 is 11.6 Å². The maximum absolute atomic E-state index is 7.08. The second-order valence-corrected chi connectivity index (χ2v) is 11.7. The zero-order valence-electron chi connectivity index (χ0n) is 26.1. The maximum Gasteiger partial charge on any atom is 0.165 e. The molecule has 2 heterocycles. The molecule has 2 aromatic heterocycles. The van der Waals surface area contributed by atoms with Crippen molar-refractivity contribution in [3.63, 3.8) is 0 Å². The highest BCUT2D eigenvalue weighted by molar-refractivity contribution is 6.33. The van der Waals surface area contributed by atoms with Gasteiger partial charge in [0.05, 0.1) is 5.02 Å². The average Bonchev–Trinajstić information content (AvgIpc) is 3.19. The Bertz CT molecular complexity index is 2270. The van der Waals surface area contributed by atoms with Gasteiger partial charge < -0.3 is 0 Å². The Morgan fingerprint density at radius 1 is 0.265 bits per heavy atom. The van der Waals surface area contributed by atoms with Crippen molar-refractivity contribution >= 4 is 11.6 Å². The molecule has 8 aromatic rings. The van der Waals surface area contributed by atoms with Crippen LogP contribution in [0.25, 0.3) is 79.5 Å². The minimum absolute atomic E-state index is 0.495. The molecule has 0 aliphatic heterocycles. The summed E-state index contributed by atoms with van der Waals surface area (Å²) in [7, 11) is 0. The number of rotatable bonds is 7. The first kappa shape index (κ1) is 30.0. The second-order valence-electron chi connectivity index (χ2n) is 11.3. The molecule has 0 aliphatic rings. The van der Waals surface area contributed by atoms with Gasteiger partial charge in [-0.2, -0.15) is 0 Å². The van der Waals surface area contributed by atoms with Crippen molar-refractivity contribution < 1.29 is 0 Å². The van der Waals surface area contributed by atoms with Crippen LogP contribution in [-0.2, 0) is 0 Å². The van der Waals surface area contributed by atoms with E-state index in [-0.39, 0.29) is 0 Å². The van der Waals surface area contributed by atoms with Gasteiger partial charge in [0.1, 0.15) is 0 Å². The van der Waals surface area contributed by atoms with Crippen LogP contribution in [0.15, 0.2) is 164 Å². The number of aromatic nitrogens is 6. The molecule has 0 atom stereocenters. The fourth-order valence-corrected chi connectivity index (χ4v) is 5.92. The lowest BCUT2D eigenvalue weighted by Crippen LogP contribution is -2.01. The molecule has 0 unspecified atom stereocenters. The van der Waals surface area contributed by atoms with Gasteiger partial charge in [-0.3, -0.25) is 0 Å². The molecule has 49 heavy (non-hydrogen) atoms. The van der Waals surface area contributed by atoms with Gasteiger partial charge in [0.25, 0.3) is 0 Å². The number of hydrogen-bond donors (Lipinski definition) is 0. The fourth-order valence-electron chi connectivity index (χ4n) is 5.65. The van der Waals surface area contributed by atoms with Crippen LogP contribution in [0.4, 0.5) is 0 Å². The number of benzene rings is 6. The molecule has 0 spiro atoms. The molecule has 6 nitrogen and oxygen atoms in total. The van der Waals surface area contributed by atoms with Crippen molar-refractivity contribution in [2.45, 2.75) is 0 Å². The molecule has 0 fully saturated rings. The molecule has 7 heteroatoms. The Kier molecular flexibility index (Phi) is 8.20. The van der Waals surface area contributed by atoms with E-state index < -0.39 is 0 Å². The molecular weight excluding hydrogens is 624 g/mol. The summed E-state index contributed by atoms with van der Waals surface area (Å²) in [6, 6.07) is 53.7. The first-order valence-electron chi connectivity index (χ1n) is 15.8. The predicted octanol–water partition coefficient (Wildman–Crippen LogP) is 10.4. The summed E-state index contributed by atoms with van der Waals surface area (Å²) in [5.41, 5.74) is 7.03. The highest BCUT2D eigenvalue weighted by Crippen LogP contribution is 2.37. The molecule has 0 saturated heterocycles. The molecule has 0 aliphatic carbocycles. The molecule has 0 radical (unpaired) electrons. The summed E-state index contributed by atoms with van der Waals surface area (Å²) in [5.74, 6) is 3.43. The van der Waals surface area contributed by atoms with Crippen LogP contribution in [0.2, 0.25) is 5.02 Å². The van der Waals surface area contributed by atoms with Gasteiger partial charge in [-0.1, -0.05) is 163 Å².